The van der Waals surface area contributed by atoms with E-state index in [1.807, 2.05) is 36.4 Å². The summed E-state index contributed by atoms with van der Waals surface area (Å²) < 4.78 is 0. The molecule has 3 aromatic carbocycles. The van der Waals surface area contributed by atoms with Gasteiger partial charge in [-0.1, -0.05) is 63.2 Å². The van der Waals surface area contributed by atoms with Crippen LogP contribution in [0.3, 0.4) is 0 Å². The van der Waals surface area contributed by atoms with Gasteiger partial charge in [-0.2, -0.15) is 0 Å². The van der Waals surface area contributed by atoms with Crippen molar-refractivity contribution in [2.75, 3.05) is 11.1 Å². The fourth-order valence-corrected chi connectivity index (χ4v) is 3.69. The van der Waals surface area contributed by atoms with Crippen molar-refractivity contribution in [3.05, 3.63) is 90.1 Å². The molecule has 4 aromatic rings. The van der Waals surface area contributed by atoms with E-state index in [0.717, 1.165) is 21.9 Å². The van der Waals surface area contributed by atoms with Crippen molar-refractivity contribution in [3.8, 4) is 11.1 Å². The van der Waals surface area contributed by atoms with Gasteiger partial charge >= 0.3 is 0 Å². The minimum Gasteiger partial charge on any atom is -0.383 e. The number of hydrogen-bond acceptors (Lipinski definition) is 4. The molecule has 4 N–H and O–H groups in total. The first-order valence-electron chi connectivity index (χ1n) is 10.6. The molecule has 1 unspecified atom stereocenters. The van der Waals surface area contributed by atoms with Crippen LogP contribution in [0.25, 0.3) is 21.9 Å². The SMILES string of the molecule is CC(C)(C)c1ccc(-c2cccc(C(O)C(=O)Nc3ccc4c(N)nccc4c3)c2)cc1. The van der Waals surface area contributed by atoms with E-state index in [-0.39, 0.29) is 5.41 Å². The van der Waals surface area contributed by atoms with Crippen LogP contribution >= 0.6 is 0 Å². The van der Waals surface area contributed by atoms with Crippen molar-refractivity contribution < 1.29 is 9.90 Å². The van der Waals surface area contributed by atoms with Gasteiger partial charge in [0.2, 0.25) is 0 Å². The molecule has 1 heterocycles. The highest BCUT2D eigenvalue weighted by molar-refractivity contribution is 5.99. The van der Waals surface area contributed by atoms with Crippen molar-refractivity contribution in [2.45, 2.75) is 32.3 Å². The van der Waals surface area contributed by atoms with E-state index in [9.17, 15) is 9.90 Å². The van der Waals surface area contributed by atoms with Crippen LogP contribution in [0.5, 0.6) is 0 Å². The molecule has 5 nitrogen and oxygen atoms in total. The van der Waals surface area contributed by atoms with E-state index < -0.39 is 12.0 Å². The molecule has 0 fully saturated rings. The van der Waals surface area contributed by atoms with Crippen molar-refractivity contribution >= 4 is 28.2 Å². The van der Waals surface area contributed by atoms with Crippen LogP contribution in [0.1, 0.15) is 38.0 Å². The van der Waals surface area contributed by atoms with E-state index in [1.165, 1.54) is 5.56 Å². The summed E-state index contributed by atoms with van der Waals surface area (Å²) in [7, 11) is 0. The van der Waals surface area contributed by atoms with Gasteiger partial charge in [0.05, 0.1) is 0 Å². The first-order chi connectivity index (χ1) is 15.2. The van der Waals surface area contributed by atoms with E-state index in [0.29, 0.717) is 17.1 Å². The van der Waals surface area contributed by atoms with Gasteiger partial charge in [-0.15, -0.1) is 0 Å². The lowest BCUT2D eigenvalue weighted by molar-refractivity contribution is -0.124. The van der Waals surface area contributed by atoms with Gasteiger partial charge in [0, 0.05) is 17.3 Å². The normalized spacial score (nSPS) is 12.5. The van der Waals surface area contributed by atoms with Crippen LogP contribution in [0.15, 0.2) is 79.0 Å². The summed E-state index contributed by atoms with van der Waals surface area (Å²) in [6.45, 7) is 6.54. The summed E-state index contributed by atoms with van der Waals surface area (Å²) in [4.78, 5) is 16.8. The monoisotopic (exact) mass is 425 g/mol. The molecule has 0 saturated carbocycles. The number of nitrogen functional groups attached to an aromatic ring is 1. The predicted octanol–water partition coefficient (Wildman–Crippen LogP) is 5.45. The zero-order chi connectivity index (χ0) is 22.9. The highest BCUT2D eigenvalue weighted by Gasteiger charge is 2.19. The lowest BCUT2D eigenvalue weighted by atomic mass is 9.86. The van der Waals surface area contributed by atoms with Gasteiger partial charge in [-0.3, -0.25) is 4.79 Å². The highest BCUT2D eigenvalue weighted by atomic mass is 16.3. The van der Waals surface area contributed by atoms with Gasteiger partial charge in [0.15, 0.2) is 6.10 Å². The molecule has 0 aliphatic rings. The van der Waals surface area contributed by atoms with Crippen LogP contribution in [-0.2, 0) is 10.2 Å². The molecule has 162 valence electrons. The fraction of sp³-hybridized carbons (Fsp3) is 0.185. The Hall–Kier alpha value is -3.70. The second-order valence-corrected chi connectivity index (χ2v) is 8.98. The number of rotatable bonds is 4. The number of nitrogens with two attached hydrogens (primary N) is 1. The number of amides is 1. The topological polar surface area (TPSA) is 88.2 Å². The largest absolute Gasteiger partial charge is 0.383 e. The Labute approximate surface area is 187 Å². The number of anilines is 2. The van der Waals surface area contributed by atoms with Gasteiger partial charge in [0.1, 0.15) is 5.82 Å². The highest BCUT2D eigenvalue weighted by Crippen LogP contribution is 2.28. The van der Waals surface area contributed by atoms with Crippen LogP contribution < -0.4 is 11.1 Å². The van der Waals surface area contributed by atoms with Crippen molar-refractivity contribution in [2.24, 2.45) is 0 Å². The van der Waals surface area contributed by atoms with Crippen molar-refractivity contribution in [1.29, 1.82) is 0 Å². The molecule has 5 heteroatoms. The van der Waals surface area contributed by atoms with Crippen LogP contribution in [0.2, 0.25) is 0 Å². The van der Waals surface area contributed by atoms with E-state index in [2.05, 4.69) is 55.3 Å². The Morgan fingerprint density at radius 2 is 1.72 bits per heavy atom. The molecule has 0 saturated heterocycles. The van der Waals surface area contributed by atoms with Gasteiger partial charge in [0.25, 0.3) is 5.91 Å². The maximum absolute atomic E-state index is 12.7. The van der Waals surface area contributed by atoms with E-state index in [1.54, 1.807) is 18.3 Å². The third-order valence-electron chi connectivity index (χ3n) is 5.60. The van der Waals surface area contributed by atoms with Gasteiger partial charge in [-0.25, -0.2) is 4.98 Å². The Kier molecular flexibility index (Phi) is 5.68. The number of aliphatic hydroxyl groups excluding tert-OH is 1. The van der Waals surface area contributed by atoms with Gasteiger partial charge in [-0.05, 0) is 63.4 Å². The number of benzene rings is 3. The standard InChI is InChI=1S/C27H27N3O2/c1-27(2,3)21-9-7-17(8-10-21)18-5-4-6-20(15-18)24(31)26(32)30-22-11-12-23-19(16-22)13-14-29-25(23)28/h4-16,24,31H,1-3H3,(H2,28,29)(H,30,32). The van der Waals surface area contributed by atoms with E-state index in [4.69, 9.17) is 5.73 Å². The zero-order valence-corrected chi connectivity index (χ0v) is 18.5. The summed E-state index contributed by atoms with van der Waals surface area (Å²) in [5, 5.41) is 15.2. The van der Waals surface area contributed by atoms with Crippen molar-refractivity contribution in [1.82, 2.24) is 4.98 Å². The molecule has 0 bridgehead atoms. The zero-order valence-electron chi connectivity index (χ0n) is 18.5. The molecule has 1 atom stereocenters. The van der Waals surface area contributed by atoms with Crippen molar-refractivity contribution in [3.63, 3.8) is 0 Å². The summed E-state index contributed by atoms with van der Waals surface area (Å²) in [6, 6.07) is 23.0. The molecular weight excluding hydrogens is 398 g/mol. The molecule has 4 rings (SSSR count). The first-order valence-corrected chi connectivity index (χ1v) is 10.6. The van der Waals surface area contributed by atoms with Crippen LogP contribution in [0.4, 0.5) is 11.5 Å². The molecule has 0 spiro atoms. The summed E-state index contributed by atoms with van der Waals surface area (Å²) >= 11 is 0. The maximum atomic E-state index is 12.7. The number of aliphatic hydroxyl groups is 1. The number of carbonyl (C=O) groups is 1. The number of nitrogens with one attached hydrogen (secondary N) is 1. The fourth-order valence-electron chi connectivity index (χ4n) is 3.69. The molecule has 0 radical (unpaired) electrons. The lowest BCUT2D eigenvalue weighted by Crippen LogP contribution is -2.20. The summed E-state index contributed by atoms with van der Waals surface area (Å²) in [5.41, 5.74) is 10.3. The number of hydrogen-bond donors (Lipinski definition) is 3. The van der Waals surface area contributed by atoms with Crippen LogP contribution in [-0.4, -0.2) is 16.0 Å². The quantitative estimate of drug-likeness (QED) is 0.405. The number of nitrogens with zero attached hydrogens (tertiary/aromatic N) is 1. The second-order valence-electron chi connectivity index (χ2n) is 8.98. The minimum absolute atomic E-state index is 0.0830. The number of pyridine rings is 1. The van der Waals surface area contributed by atoms with Crippen LogP contribution in [0, 0.1) is 0 Å². The summed E-state index contributed by atoms with van der Waals surface area (Å²) in [5.74, 6) is -0.0561. The summed E-state index contributed by atoms with van der Waals surface area (Å²) in [6.07, 6.45) is 0.333. The molecule has 0 aliphatic carbocycles. The third kappa shape index (κ3) is 4.48. The number of carbonyl (C=O) groups excluding carboxylic acids is 1. The number of fused-ring (bicyclic) bond motifs is 1. The Bertz CT molecular complexity index is 1270. The maximum Gasteiger partial charge on any atom is 0.257 e. The number of aromatic nitrogens is 1. The lowest BCUT2D eigenvalue weighted by Gasteiger charge is -2.19. The Morgan fingerprint density at radius 3 is 2.44 bits per heavy atom. The minimum atomic E-state index is -1.29. The molecule has 0 aliphatic heterocycles. The first kappa shape index (κ1) is 21.5. The molecular formula is C27H27N3O2. The third-order valence-corrected chi connectivity index (χ3v) is 5.60. The van der Waals surface area contributed by atoms with Gasteiger partial charge < -0.3 is 16.2 Å². The second kappa shape index (κ2) is 8.44. The predicted molar refractivity (Wildman–Crippen MR) is 130 cm³/mol. The van der Waals surface area contributed by atoms with E-state index >= 15 is 0 Å². The Morgan fingerprint density at radius 1 is 0.969 bits per heavy atom. The smallest absolute Gasteiger partial charge is 0.257 e. The average Bonchev–Trinajstić information content (AvgIpc) is 2.78. The average molecular weight is 426 g/mol. The Balaban J connectivity index is 1.53. The molecule has 1 amide bonds. The molecule has 32 heavy (non-hydrogen) atoms. The molecule has 1 aromatic heterocycles.